The summed E-state index contributed by atoms with van der Waals surface area (Å²) in [6.45, 7) is 11.3. The summed E-state index contributed by atoms with van der Waals surface area (Å²) in [6, 6.07) is 28.6. The van der Waals surface area contributed by atoms with E-state index < -0.39 is 17.6 Å². The monoisotopic (exact) mass is 715 g/mol. The number of nitriles is 1. The van der Waals surface area contributed by atoms with Crippen LogP contribution in [-0.2, 0) is 19.3 Å². The van der Waals surface area contributed by atoms with Crippen molar-refractivity contribution in [3.63, 3.8) is 0 Å². The van der Waals surface area contributed by atoms with Gasteiger partial charge in [-0.05, 0) is 86.8 Å². The van der Waals surface area contributed by atoms with Gasteiger partial charge in [0.1, 0.15) is 5.82 Å². The van der Waals surface area contributed by atoms with Gasteiger partial charge in [0.2, 0.25) is 0 Å². The summed E-state index contributed by atoms with van der Waals surface area (Å²) < 4.78 is 52.6. The van der Waals surface area contributed by atoms with E-state index in [0.717, 1.165) is 49.4 Å². The van der Waals surface area contributed by atoms with E-state index >= 15 is 0 Å². The minimum absolute atomic E-state index is 0.0556. The Bertz CT molecular complexity index is 1790. The van der Waals surface area contributed by atoms with E-state index in [1.54, 1.807) is 18.2 Å². The van der Waals surface area contributed by atoms with Crippen molar-refractivity contribution in [1.82, 2.24) is 4.90 Å². The lowest BCUT2D eigenvalue weighted by Crippen LogP contribution is -2.47. The van der Waals surface area contributed by atoms with Gasteiger partial charge in [0, 0.05) is 63.7 Å². The van der Waals surface area contributed by atoms with Crippen molar-refractivity contribution in [3.8, 4) is 6.07 Å². The molecule has 0 spiro atoms. The third-order valence-electron chi connectivity index (χ3n) is 9.21. The maximum Gasteiger partial charge on any atom is 0.416 e. The Labute approximate surface area is 305 Å². The highest BCUT2D eigenvalue weighted by Gasteiger charge is 2.31. The standard InChI is InChI=1S/C21H25N3.C19H18F4N2O.C2H6/c1-23(16-19-10-4-3-9-18(19)15-22)17-20-11-5-6-12-21(20)24-13-7-2-8-14-24;1-13(26)18-16(20)6-3-7-17(18)25-10-8-24(9-11-25)15-5-2-4-14(12-15)19(21,22)23;1-2/h3-6,9-12H,2,7-8,13-14,16-17H2,1H3;2-7,12H,8-11H2,1H3;1-2H3. The summed E-state index contributed by atoms with van der Waals surface area (Å²) >= 11 is 0. The Kier molecular flexibility index (Phi) is 14.7. The van der Waals surface area contributed by atoms with Crippen LogP contribution >= 0.6 is 0 Å². The summed E-state index contributed by atoms with van der Waals surface area (Å²) in [5.74, 6) is -0.909. The van der Waals surface area contributed by atoms with Crippen LogP contribution < -0.4 is 14.7 Å². The number of carbonyl (C=O) groups excluding carboxylic acids is 1. The fourth-order valence-electron chi connectivity index (χ4n) is 6.70. The van der Waals surface area contributed by atoms with Gasteiger partial charge in [-0.2, -0.15) is 18.4 Å². The molecule has 2 aliphatic heterocycles. The van der Waals surface area contributed by atoms with E-state index in [-0.39, 0.29) is 11.3 Å². The zero-order chi connectivity index (χ0) is 37.7. The molecule has 4 aromatic rings. The quantitative estimate of drug-likeness (QED) is 0.134. The van der Waals surface area contributed by atoms with Crippen molar-refractivity contribution in [2.45, 2.75) is 59.3 Å². The highest BCUT2D eigenvalue weighted by Crippen LogP contribution is 2.33. The second-order valence-electron chi connectivity index (χ2n) is 12.8. The number of hydrogen-bond acceptors (Lipinski definition) is 6. The van der Waals surface area contributed by atoms with Crippen LogP contribution in [0.3, 0.4) is 0 Å². The fraction of sp³-hybridized carbons (Fsp3) is 0.381. The van der Waals surface area contributed by atoms with Crippen molar-refractivity contribution in [2.24, 2.45) is 0 Å². The number of anilines is 3. The number of rotatable bonds is 8. The number of hydrogen-bond donors (Lipinski definition) is 0. The first-order chi connectivity index (χ1) is 25.0. The Morgan fingerprint density at radius 3 is 1.94 bits per heavy atom. The van der Waals surface area contributed by atoms with E-state index in [0.29, 0.717) is 37.6 Å². The van der Waals surface area contributed by atoms with Crippen LogP contribution in [0.25, 0.3) is 0 Å². The predicted octanol–water partition coefficient (Wildman–Crippen LogP) is 9.58. The predicted molar refractivity (Wildman–Crippen MR) is 202 cm³/mol. The molecule has 52 heavy (non-hydrogen) atoms. The third kappa shape index (κ3) is 10.6. The summed E-state index contributed by atoms with van der Waals surface area (Å²) in [4.78, 5) is 20.3. The molecule has 0 saturated carbocycles. The normalized spacial score (nSPS) is 14.5. The molecular weight excluding hydrogens is 666 g/mol. The molecule has 6 nitrogen and oxygen atoms in total. The van der Waals surface area contributed by atoms with E-state index in [1.165, 1.54) is 49.6 Å². The number of ketones is 1. The molecule has 2 fully saturated rings. The second kappa shape index (κ2) is 19.1. The number of nitrogens with zero attached hydrogens (tertiary/aromatic N) is 5. The molecule has 0 bridgehead atoms. The molecule has 0 aromatic heterocycles. The van der Waals surface area contributed by atoms with Gasteiger partial charge in [0.25, 0.3) is 0 Å². The lowest BCUT2D eigenvalue weighted by atomic mass is 10.1. The first-order valence-corrected chi connectivity index (χ1v) is 18.0. The Morgan fingerprint density at radius 2 is 1.29 bits per heavy atom. The van der Waals surface area contributed by atoms with Gasteiger partial charge in [0.05, 0.1) is 28.4 Å². The lowest BCUT2D eigenvalue weighted by molar-refractivity contribution is -0.137. The molecule has 0 atom stereocenters. The van der Waals surface area contributed by atoms with Crippen LogP contribution in [0.5, 0.6) is 0 Å². The molecular formula is C42H49F4N5O. The number of piperazine rings is 1. The second-order valence-corrected chi connectivity index (χ2v) is 12.8. The number of halogens is 4. The Balaban J connectivity index is 0.000000223. The largest absolute Gasteiger partial charge is 0.416 e. The maximum absolute atomic E-state index is 14.0. The molecule has 0 N–H and O–H groups in total. The number of benzene rings is 4. The smallest absolute Gasteiger partial charge is 0.371 e. The van der Waals surface area contributed by atoms with Gasteiger partial charge in [-0.15, -0.1) is 0 Å². The first kappa shape index (κ1) is 39.9. The van der Waals surface area contributed by atoms with Crippen LogP contribution in [0.15, 0.2) is 91.0 Å². The van der Waals surface area contributed by atoms with Crippen LogP contribution in [0.1, 0.15) is 72.6 Å². The molecule has 276 valence electrons. The number of para-hydroxylation sites is 1. The van der Waals surface area contributed by atoms with Crippen molar-refractivity contribution >= 4 is 22.8 Å². The van der Waals surface area contributed by atoms with Gasteiger partial charge in [-0.1, -0.05) is 62.4 Å². The van der Waals surface area contributed by atoms with E-state index in [2.05, 4.69) is 47.2 Å². The zero-order valence-electron chi connectivity index (χ0n) is 30.6. The number of alkyl halides is 3. The minimum atomic E-state index is -4.38. The molecule has 6 rings (SSSR count). The summed E-state index contributed by atoms with van der Waals surface area (Å²) in [6.07, 6.45) is -0.446. The molecule has 4 aromatic carbocycles. The summed E-state index contributed by atoms with van der Waals surface area (Å²) in [5.41, 5.74) is 5.02. The molecule has 0 amide bonds. The molecule has 0 unspecified atom stereocenters. The van der Waals surface area contributed by atoms with E-state index in [4.69, 9.17) is 0 Å². The van der Waals surface area contributed by atoms with Gasteiger partial charge < -0.3 is 14.7 Å². The zero-order valence-corrected chi connectivity index (χ0v) is 30.6. The van der Waals surface area contributed by atoms with Crippen molar-refractivity contribution in [1.29, 1.82) is 5.26 Å². The van der Waals surface area contributed by atoms with Crippen LogP contribution in [0, 0.1) is 17.1 Å². The van der Waals surface area contributed by atoms with Crippen molar-refractivity contribution in [3.05, 3.63) is 125 Å². The fourth-order valence-corrected chi connectivity index (χ4v) is 6.70. The van der Waals surface area contributed by atoms with Crippen LogP contribution in [0.4, 0.5) is 34.6 Å². The van der Waals surface area contributed by atoms with E-state index in [1.807, 2.05) is 47.9 Å². The molecule has 2 heterocycles. The van der Waals surface area contributed by atoms with Crippen molar-refractivity contribution in [2.75, 3.05) is 61.0 Å². The molecule has 10 heteroatoms. The van der Waals surface area contributed by atoms with Gasteiger partial charge in [-0.25, -0.2) is 4.39 Å². The SMILES string of the molecule is CC.CC(=O)c1c(F)cccc1N1CCN(c2cccc(C(F)(F)F)c2)CC1.CN(Cc1ccccc1C#N)Cc1ccccc1N1CCCCC1. The molecule has 2 saturated heterocycles. The molecule has 0 radical (unpaired) electrons. The van der Waals surface area contributed by atoms with Crippen LogP contribution in [0.2, 0.25) is 0 Å². The maximum atomic E-state index is 14.0. The Morgan fingerprint density at radius 1 is 0.731 bits per heavy atom. The lowest BCUT2D eigenvalue weighted by Gasteiger charge is -2.38. The average Bonchev–Trinajstić information content (AvgIpc) is 3.16. The summed E-state index contributed by atoms with van der Waals surface area (Å²) in [7, 11) is 2.13. The Hall–Kier alpha value is -4.88. The average molecular weight is 716 g/mol. The molecule has 2 aliphatic rings. The van der Waals surface area contributed by atoms with Crippen molar-refractivity contribution < 1.29 is 22.4 Å². The first-order valence-electron chi connectivity index (χ1n) is 18.0. The van der Waals surface area contributed by atoms with Gasteiger partial charge in [-0.3, -0.25) is 9.69 Å². The number of piperidine rings is 1. The third-order valence-corrected chi connectivity index (χ3v) is 9.21. The number of Topliss-reactive ketones (excluding diaryl/α,β-unsaturated/α-hetero) is 1. The molecule has 0 aliphatic carbocycles. The summed E-state index contributed by atoms with van der Waals surface area (Å²) in [5, 5.41) is 9.26. The highest BCUT2D eigenvalue weighted by atomic mass is 19.4. The minimum Gasteiger partial charge on any atom is -0.371 e. The van der Waals surface area contributed by atoms with E-state index in [9.17, 15) is 27.6 Å². The van der Waals surface area contributed by atoms with Gasteiger partial charge >= 0.3 is 6.18 Å². The van der Waals surface area contributed by atoms with Gasteiger partial charge in [0.15, 0.2) is 5.78 Å². The van der Waals surface area contributed by atoms with Crippen LogP contribution in [-0.4, -0.2) is 57.0 Å². The highest BCUT2D eigenvalue weighted by molar-refractivity contribution is 6.00. The topological polar surface area (TPSA) is 53.8 Å². The number of carbonyl (C=O) groups is 1.